The first-order chi connectivity index (χ1) is 8.74. The number of rotatable bonds is 2. The molecule has 5 heteroatoms. The summed E-state index contributed by atoms with van der Waals surface area (Å²) in [6.07, 6.45) is 5.24. The van der Waals surface area contributed by atoms with Gasteiger partial charge < -0.3 is 9.80 Å². The standard InChI is InChI=1S/C13H19N3OS/c1-10-8-14-13(18-10)16-7-4-11(9-16)12(17)15-5-2-3-6-15/h8,11H,2-7,9H2,1H3. The molecule has 3 rings (SSSR count). The molecule has 3 heterocycles. The Morgan fingerprint density at radius 1 is 1.39 bits per heavy atom. The fourth-order valence-electron chi connectivity index (χ4n) is 2.82. The van der Waals surface area contributed by atoms with E-state index >= 15 is 0 Å². The lowest BCUT2D eigenvalue weighted by Gasteiger charge is -2.20. The highest BCUT2D eigenvalue weighted by Crippen LogP contribution is 2.29. The number of carbonyl (C=O) groups is 1. The summed E-state index contributed by atoms with van der Waals surface area (Å²) in [7, 11) is 0. The number of aryl methyl sites for hydroxylation is 1. The average Bonchev–Trinajstić information content (AvgIpc) is 3.09. The quantitative estimate of drug-likeness (QED) is 0.819. The van der Waals surface area contributed by atoms with Crippen LogP contribution >= 0.6 is 11.3 Å². The van der Waals surface area contributed by atoms with Crippen molar-refractivity contribution in [1.29, 1.82) is 0 Å². The van der Waals surface area contributed by atoms with Crippen molar-refractivity contribution in [1.82, 2.24) is 9.88 Å². The van der Waals surface area contributed by atoms with Crippen LogP contribution in [0.15, 0.2) is 6.20 Å². The molecule has 1 unspecified atom stereocenters. The number of nitrogens with zero attached hydrogens (tertiary/aromatic N) is 3. The minimum Gasteiger partial charge on any atom is -0.347 e. The van der Waals surface area contributed by atoms with Crippen LogP contribution in [0.3, 0.4) is 0 Å². The molecule has 2 aliphatic rings. The van der Waals surface area contributed by atoms with E-state index in [1.807, 2.05) is 11.1 Å². The highest BCUT2D eigenvalue weighted by atomic mass is 32.1. The monoisotopic (exact) mass is 265 g/mol. The maximum atomic E-state index is 12.3. The van der Waals surface area contributed by atoms with E-state index in [0.29, 0.717) is 5.91 Å². The molecule has 0 aromatic carbocycles. The molecule has 0 N–H and O–H groups in total. The minimum absolute atomic E-state index is 0.187. The van der Waals surface area contributed by atoms with Gasteiger partial charge in [0.1, 0.15) is 0 Å². The van der Waals surface area contributed by atoms with Gasteiger partial charge in [0.05, 0.1) is 5.92 Å². The lowest BCUT2D eigenvalue weighted by Crippen LogP contribution is -2.35. The first-order valence-electron chi connectivity index (χ1n) is 6.70. The number of hydrogen-bond acceptors (Lipinski definition) is 4. The van der Waals surface area contributed by atoms with E-state index < -0.39 is 0 Å². The van der Waals surface area contributed by atoms with E-state index in [0.717, 1.165) is 37.7 Å². The zero-order valence-electron chi connectivity index (χ0n) is 10.8. The van der Waals surface area contributed by atoms with Crippen molar-refractivity contribution in [3.8, 4) is 0 Å². The second-order valence-corrected chi connectivity index (χ2v) is 6.43. The summed E-state index contributed by atoms with van der Waals surface area (Å²) in [5, 5.41) is 1.07. The van der Waals surface area contributed by atoms with Crippen molar-refractivity contribution in [3.63, 3.8) is 0 Å². The molecule has 1 amide bonds. The Morgan fingerprint density at radius 3 is 2.83 bits per heavy atom. The van der Waals surface area contributed by atoms with Crippen molar-refractivity contribution >= 4 is 22.4 Å². The van der Waals surface area contributed by atoms with Gasteiger partial charge in [0.15, 0.2) is 5.13 Å². The Kier molecular flexibility index (Phi) is 3.24. The molecule has 18 heavy (non-hydrogen) atoms. The van der Waals surface area contributed by atoms with Crippen LogP contribution in [0.25, 0.3) is 0 Å². The van der Waals surface area contributed by atoms with Crippen molar-refractivity contribution < 1.29 is 4.79 Å². The van der Waals surface area contributed by atoms with Crippen molar-refractivity contribution in [3.05, 3.63) is 11.1 Å². The highest BCUT2D eigenvalue weighted by molar-refractivity contribution is 7.15. The summed E-state index contributed by atoms with van der Waals surface area (Å²) >= 11 is 1.72. The molecule has 2 aliphatic heterocycles. The number of hydrogen-bond donors (Lipinski definition) is 0. The number of amides is 1. The van der Waals surface area contributed by atoms with Crippen LogP contribution in [0.1, 0.15) is 24.1 Å². The normalized spacial score (nSPS) is 23.9. The van der Waals surface area contributed by atoms with Crippen molar-refractivity contribution in [2.24, 2.45) is 5.92 Å². The smallest absolute Gasteiger partial charge is 0.227 e. The molecule has 1 aromatic heterocycles. The predicted molar refractivity (Wildman–Crippen MR) is 73.0 cm³/mol. The third-order valence-corrected chi connectivity index (χ3v) is 4.81. The Bertz CT molecular complexity index is 439. The molecule has 4 nitrogen and oxygen atoms in total. The fraction of sp³-hybridized carbons (Fsp3) is 0.692. The SMILES string of the molecule is Cc1cnc(N2CCC(C(=O)N3CCCC3)C2)s1. The molecule has 0 aliphatic carbocycles. The van der Waals surface area contributed by atoms with E-state index in [2.05, 4.69) is 16.8 Å². The summed E-state index contributed by atoms with van der Waals surface area (Å²) in [5.74, 6) is 0.551. The molecule has 1 aromatic rings. The molecule has 0 bridgehead atoms. The first kappa shape index (κ1) is 12.0. The van der Waals surface area contributed by atoms with E-state index in [-0.39, 0.29) is 5.92 Å². The highest BCUT2D eigenvalue weighted by Gasteiger charge is 2.33. The maximum Gasteiger partial charge on any atom is 0.227 e. The summed E-state index contributed by atoms with van der Waals surface area (Å²) in [4.78, 5) is 22.3. The van der Waals surface area contributed by atoms with Gasteiger partial charge in [-0.05, 0) is 26.2 Å². The lowest BCUT2D eigenvalue weighted by molar-refractivity contribution is -0.133. The molecule has 0 saturated carbocycles. The van der Waals surface area contributed by atoms with Gasteiger partial charge in [-0.3, -0.25) is 4.79 Å². The second-order valence-electron chi connectivity index (χ2n) is 5.22. The Labute approximate surface area is 112 Å². The third kappa shape index (κ3) is 2.23. The van der Waals surface area contributed by atoms with Crippen LogP contribution < -0.4 is 4.90 Å². The largest absolute Gasteiger partial charge is 0.347 e. The maximum absolute atomic E-state index is 12.3. The Hall–Kier alpha value is -1.10. The Morgan fingerprint density at radius 2 is 2.17 bits per heavy atom. The molecule has 0 spiro atoms. The van der Waals surface area contributed by atoms with Gasteiger partial charge in [-0.25, -0.2) is 4.98 Å². The van der Waals surface area contributed by atoms with Gasteiger partial charge >= 0.3 is 0 Å². The van der Waals surface area contributed by atoms with E-state index in [1.165, 1.54) is 17.7 Å². The van der Waals surface area contributed by atoms with Gasteiger partial charge in [-0.2, -0.15) is 0 Å². The van der Waals surface area contributed by atoms with Crippen LogP contribution in [0.4, 0.5) is 5.13 Å². The van der Waals surface area contributed by atoms with Gasteiger partial charge in [0.25, 0.3) is 0 Å². The third-order valence-electron chi connectivity index (χ3n) is 3.83. The molecule has 1 atom stereocenters. The Balaban J connectivity index is 1.62. The number of aromatic nitrogens is 1. The van der Waals surface area contributed by atoms with Crippen LogP contribution in [-0.2, 0) is 4.79 Å². The minimum atomic E-state index is 0.187. The van der Waals surface area contributed by atoms with Crippen LogP contribution in [0.2, 0.25) is 0 Å². The van der Waals surface area contributed by atoms with Crippen LogP contribution in [0, 0.1) is 12.8 Å². The summed E-state index contributed by atoms with van der Waals surface area (Å²) in [5.41, 5.74) is 0. The first-order valence-corrected chi connectivity index (χ1v) is 7.52. The number of anilines is 1. The van der Waals surface area contributed by atoms with E-state index in [4.69, 9.17) is 0 Å². The van der Waals surface area contributed by atoms with Crippen LogP contribution in [0.5, 0.6) is 0 Å². The topological polar surface area (TPSA) is 36.4 Å². The molecule has 2 saturated heterocycles. The number of likely N-dealkylation sites (tertiary alicyclic amines) is 1. The lowest BCUT2D eigenvalue weighted by atomic mass is 10.1. The van der Waals surface area contributed by atoms with Gasteiger partial charge in [0.2, 0.25) is 5.91 Å². The van der Waals surface area contributed by atoms with Crippen molar-refractivity contribution in [2.75, 3.05) is 31.1 Å². The zero-order valence-corrected chi connectivity index (χ0v) is 11.6. The number of carbonyl (C=O) groups excluding carboxylic acids is 1. The molecular weight excluding hydrogens is 246 g/mol. The molecule has 0 radical (unpaired) electrons. The van der Waals surface area contributed by atoms with E-state index in [9.17, 15) is 4.79 Å². The summed E-state index contributed by atoms with van der Waals surface area (Å²) < 4.78 is 0. The van der Waals surface area contributed by atoms with E-state index in [1.54, 1.807) is 11.3 Å². The molecule has 2 fully saturated rings. The van der Waals surface area contributed by atoms with Gasteiger partial charge in [-0.1, -0.05) is 0 Å². The fourth-order valence-corrected chi connectivity index (χ4v) is 3.61. The molecular formula is C13H19N3OS. The van der Waals surface area contributed by atoms with Crippen molar-refractivity contribution in [2.45, 2.75) is 26.2 Å². The van der Waals surface area contributed by atoms with Gasteiger partial charge in [-0.15, -0.1) is 11.3 Å². The average molecular weight is 265 g/mol. The van der Waals surface area contributed by atoms with Gasteiger partial charge in [0, 0.05) is 37.3 Å². The molecule has 98 valence electrons. The zero-order chi connectivity index (χ0) is 12.5. The number of thiazole rings is 1. The summed E-state index contributed by atoms with van der Waals surface area (Å²) in [6, 6.07) is 0. The van der Waals surface area contributed by atoms with Crippen LogP contribution in [-0.4, -0.2) is 42.0 Å². The summed E-state index contributed by atoms with van der Waals surface area (Å²) in [6.45, 7) is 5.82. The second kappa shape index (κ2) is 4.88. The predicted octanol–water partition coefficient (Wildman–Crippen LogP) is 1.90.